The van der Waals surface area contributed by atoms with Crippen molar-refractivity contribution in [2.75, 3.05) is 39.9 Å². The largest absolute Gasteiger partial charge is 0.507 e. The number of carbonyl (C=O) groups is 2. The summed E-state index contributed by atoms with van der Waals surface area (Å²) in [5, 5.41) is 11.5. The van der Waals surface area contributed by atoms with Crippen LogP contribution in [-0.4, -0.2) is 66.5 Å². The summed E-state index contributed by atoms with van der Waals surface area (Å²) in [5.74, 6) is -0.460. The Balaban J connectivity index is 2.04. The number of benzene rings is 2. The van der Waals surface area contributed by atoms with Crippen molar-refractivity contribution in [3.63, 3.8) is 0 Å². The van der Waals surface area contributed by atoms with Gasteiger partial charge in [0.05, 0.1) is 30.4 Å². The monoisotopic (exact) mass is 500 g/mol. The molecule has 3 rings (SSSR count). The van der Waals surface area contributed by atoms with Crippen LogP contribution in [0, 0.1) is 0 Å². The maximum atomic E-state index is 13.2. The lowest BCUT2D eigenvalue weighted by molar-refractivity contribution is -0.140. The van der Waals surface area contributed by atoms with Crippen molar-refractivity contribution in [1.29, 1.82) is 0 Å². The SMILES string of the molecule is CCOc1ccc([C@H]2/C(=C(\O)c3ccc(OC)c(Cl)c3)C(=O)C(=O)N2CCCN(CC)CC)cc1. The Hall–Kier alpha value is -3.03. The Bertz CT molecular complexity index is 1080. The van der Waals surface area contributed by atoms with E-state index in [2.05, 4.69) is 18.7 Å². The van der Waals surface area contributed by atoms with Crippen molar-refractivity contribution in [2.45, 2.75) is 33.2 Å². The van der Waals surface area contributed by atoms with E-state index in [1.165, 1.54) is 13.2 Å². The van der Waals surface area contributed by atoms with Gasteiger partial charge >= 0.3 is 0 Å². The molecular weight excluding hydrogens is 468 g/mol. The van der Waals surface area contributed by atoms with E-state index in [4.69, 9.17) is 21.1 Å². The highest BCUT2D eigenvalue weighted by molar-refractivity contribution is 6.46. The summed E-state index contributed by atoms with van der Waals surface area (Å²) >= 11 is 6.26. The maximum absolute atomic E-state index is 13.2. The Labute approximate surface area is 211 Å². The van der Waals surface area contributed by atoms with E-state index < -0.39 is 17.7 Å². The van der Waals surface area contributed by atoms with E-state index in [-0.39, 0.29) is 11.3 Å². The average Bonchev–Trinajstić information content (AvgIpc) is 3.11. The smallest absolute Gasteiger partial charge is 0.295 e. The predicted molar refractivity (Wildman–Crippen MR) is 137 cm³/mol. The zero-order chi connectivity index (χ0) is 25.5. The molecule has 0 radical (unpaired) electrons. The number of nitrogens with zero attached hydrogens (tertiary/aromatic N) is 2. The van der Waals surface area contributed by atoms with Crippen molar-refractivity contribution < 1.29 is 24.2 Å². The molecule has 2 aromatic rings. The van der Waals surface area contributed by atoms with Crippen molar-refractivity contribution in [3.8, 4) is 11.5 Å². The fraction of sp³-hybridized carbons (Fsp3) is 0.407. The van der Waals surface area contributed by atoms with Crippen molar-refractivity contribution >= 4 is 29.1 Å². The minimum absolute atomic E-state index is 0.0447. The van der Waals surface area contributed by atoms with E-state index in [1.807, 2.05) is 19.1 Å². The van der Waals surface area contributed by atoms with Gasteiger partial charge in [0.15, 0.2) is 0 Å². The van der Waals surface area contributed by atoms with E-state index in [0.717, 1.165) is 25.2 Å². The van der Waals surface area contributed by atoms with Crippen LogP contribution < -0.4 is 9.47 Å². The number of likely N-dealkylation sites (tertiary alicyclic amines) is 1. The molecule has 0 saturated carbocycles. The number of hydrogen-bond acceptors (Lipinski definition) is 6. The first-order valence-corrected chi connectivity index (χ1v) is 12.3. The zero-order valence-electron chi connectivity index (χ0n) is 20.7. The van der Waals surface area contributed by atoms with Crippen LogP contribution in [0.3, 0.4) is 0 Å². The third-order valence-electron chi connectivity index (χ3n) is 6.24. The van der Waals surface area contributed by atoms with Crippen LogP contribution in [0.25, 0.3) is 5.76 Å². The van der Waals surface area contributed by atoms with Crippen molar-refractivity contribution in [3.05, 3.63) is 64.2 Å². The van der Waals surface area contributed by atoms with Crippen LogP contribution in [0.1, 0.15) is 44.4 Å². The predicted octanol–water partition coefficient (Wildman–Crippen LogP) is 4.90. The van der Waals surface area contributed by atoms with Crippen LogP contribution in [0.5, 0.6) is 11.5 Å². The molecule has 1 N–H and O–H groups in total. The molecule has 1 fully saturated rings. The molecule has 7 nitrogen and oxygen atoms in total. The highest BCUT2D eigenvalue weighted by atomic mass is 35.5. The summed E-state index contributed by atoms with van der Waals surface area (Å²) in [5.41, 5.74) is 1.10. The van der Waals surface area contributed by atoms with Gasteiger partial charge in [-0.05, 0) is 68.9 Å². The molecular formula is C27H33ClN2O5. The number of aliphatic hydroxyl groups excluding tert-OH is 1. The van der Waals surface area contributed by atoms with Gasteiger partial charge in [0.25, 0.3) is 11.7 Å². The molecule has 2 aromatic carbocycles. The standard InChI is InChI=1S/C27H33ClN2O5/c1-5-29(6-2)15-8-16-30-24(18-9-12-20(13-10-18)35-7-3)23(26(32)27(30)33)25(31)19-11-14-22(34-4)21(28)17-19/h9-14,17,24,31H,5-8,15-16H2,1-4H3/b25-23+/t24-/m0/s1. The van der Waals surface area contributed by atoms with E-state index in [9.17, 15) is 14.7 Å². The Morgan fingerprint density at radius 2 is 1.77 bits per heavy atom. The fourth-order valence-corrected chi connectivity index (χ4v) is 4.60. The van der Waals surface area contributed by atoms with Crippen LogP contribution in [0.15, 0.2) is 48.0 Å². The molecule has 8 heteroatoms. The number of hydrogen-bond donors (Lipinski definition) is 1. The molecule has 1 heterocycles. The number of carbonyl (C=O) groups excluding carboxylic acids is 2. The van der Waals surface area contributed by atoms with E-state index >= 15 is 0 Å². The first-order chi connectivity index (χ1) is 16.9. The lowest BCUT2D eigenvalue weighted by Crippen LogP contribution is -2.33. The fourth-order valence-electron chi connectivity index (χ4n) is 4.34. The number of halogens is 1. The van der Waals surface area contributed by atoms with E-state index in [1.54, 1.807) is 29.2 Å². The number of rotatable bonds is 11. The normalized spacial score (nSPS) is 17.3. The molecule has 188 valence electrons. The molecule has 0 unspecified atom stereocenters. The second kappa shape index (κ2) is 12.1. The molecule has 1 atom stereocenters. The van der Waals surface area contributed by atoms with Gasteiger partial charge in [-0.15, -0.1) is 0 Å². The highest BCUT2D eigenvalue weighted by Crippen LogP contribution is 2.40. The lowest BCUT2D eigenvalue weighted by Gasteiger charge is -2.27. The molecule has 1 aliphatic heterocycles. The van der Waals surface area contributed by atoms with Crippen molar-refractivity contribution in [1.82, 2.24) is 9.80 Å². The first kappa shape index (κ1) is 26.6. The number of aliphatic hydroxyl groups is 1. The van der Waals surface area contributed by atoms with Gasteiger partial charge in [-0.1, -0.05) is 37.6 Å². The summed E-state index contributed by atoms with van der Waals surface area (Å²) in [4.78, 5) is 30.2. The summed E-state index contributed by atoms with van der Waals surface area (Å²) in [6.07, 6.45) is 0.705. The Kier molecular flexibility index (Phi) is 9.18. The number of methoxy groups -OCH3 is 1. The second-order valence-electron chi connectivity index (χ2n) is 8.22. The van der Waals surface area contributed by atoms with Gasteiger partial charge in [0.1, 0.15) is 17.3 Å². The van der Waals surface area contributed by atoms with Gasteiger partial charge in [-0.3, -0.25) is 9.59 Å². The minimum Gasteiger partial charge on any atom is -0.507 e. The van der Waals surface area contributed by atoms with Crippen LogP contribution in [0.4, 0.5) is 0 Å². The molecule has 0 spiro atoms. The van der Waals surface area contributed by atoms with Gasteiger partial charge < -0.3 is 24.4 Å². The third-order valence-corrected chi connectivity index (χ3v) is 6.54. The van der Waals surface area contributed by atoms with Gasteiger partial charge in [-0.2, -0.15) is 0 Å². The van der Waals surface area contributed by atoms with Gasteiger partial charge in [0, 0.05) is 12.1 Å². The number of amides is 1. The van der Waals surface area contributed by atoms with Crippen LogP contribution >= 0.6 is 11.6 Å². The number of ether oxygens (including phenoxy) is 2. The molecule has 0 aliphatic carbocycles. The summed E-state index contributed by atoms with van der Waals surface area (Å²) < 4.78 is 10.7. The van der Waals surface area contributed by atoms with Gasteiger partial charge in [-0.25, -0.2) is 0 Å². The topological polar surface area (TPSA) is 79.3 Å². The number of Topliss-reactive ketones (excluding diaryl/α,β-unsaturated/α-hetero) is 1. The molecule has 1 saturated heterocycles. The van der Waals surface area contributed by atoms with Crippen LogP contribution in [-0.2, 0) is 9.59 Å². The van der Waals surface area contributed by atoms with Crippen molar-refractivity contribution in [2.24, 2.45) is 0 Å². The quantitative estimate of drug-likeness (QED) is 0.268. The summed E-state index contributed by atoms with van der Waals surface area (Å²) in [6, 6.07) is 11.3. The van der Waals surface area contributed by atoms with Gasteiger partial charge in [0.2, 0.25) is 0 Å². The zero-order valence-corrected chi connectivity index (χ0v) is 21.5. The molecule has 35 heavy (non-hydrogen) atoms. The second-order valence-corrected chi connectivity index (χ2v) is 8.63. The van der Waals surface area contributed by atoms with Crippen LogP contribution in [0.2, 0.25) is 5.02 Å². The molecule has 0 aromatic heterocycles. The maximum Gasteiger partial charge on any atom is 0.295 e. The third kappa shape index (κ3) is 5.80. The summed E-state index contributed by atoms with van der Waals surface area (Å²) in [7, 11) is 1.50. The molecule has 1 amide bonds. The highest BCUT2D eigenvalue weighted by Gasteiger charge is 2.45. The molecule has 0 bridgehead atoms. The molecule has 1 aliphatic rings. The average molecular weight is 501 g/mol. The Morgan fingerprint density at radius 3 is 2.34 bits per heavy atom. The number of ketones is 1. The minimum atomic E-state index is -0.719. The van der Waals surface area contributed by atoms with E-state index in [0.29, 0.717) is 41.7 Å². The first-order valence-electron chi connectivity index (χ1n) is 11.9. The Morgan fingerprint density at radius 1 is 1.09 bits per heavy atom. The summed E-state index contributed by atoms with van der Waals surface area (Å²) in [6.45, 7) is 9.64. The lowest BCUT2D eigenvalue weighted by atomic mass is 9.95.